The maximum atomic E-state index is 12.5. The standard InChI is InChI=1S/C10H6ClF3O2S/c1-17(15,16)5-4-7-6-8(11)2-3-9(7)10(12,13)14/h2-3,6H,1H3. The third kappa shape index (κ3) is 4.29. The first-order valence-electron chi connectivity index (χ1n) is 4.19. The van der Waals surface area contributed by atoms with Crippen molar-refractivity contribution in [1.82, 2.24) is 0 Å². The smallest absolute Gasteiger partial charge is 0.216 e. The second kappa shape index (κ2) is 4.59. The van der Waals surface area contributed by atoms with Gasteiger partial charge in [-0.2, -0.15) is 13.2 Å². The van der Waals surface area contributed by atoms with Crippen LogP contribution in [0.2, 0.25) is 5.02 Å². The molecule has 7 heteroatoms. The minimum Gasteiger partial charge on any atom is -0.216 e. The van der Waals surface area contributed by atoms with Gasteiger partial charge >= 0.3 is 6.18 Å². The van der Waals surface area contributed by atoms with Crippen LogP contribution < -0.4 is 0 Å². The van der Waals surface area contributed by atoms with Crippen molar-refractivity contribution in [3.05, 3.63) is 34.3 Å². The van der Waals surface area contributed by atoms with Crippen LogP contribution in [0.25, 0.3) is 0 Å². The van der Waals surface area contributed by atoms with Crippen molar-refractivity contribution in [3.8, 4) is 11.2 Å². The lowest BCUT2D eigenvalue weighted by atomic mass is 10.1. The Morgan fingerprint density at radius 3 is 2.35 bits per heavy atom. The van der Waals surface area contributed by atoms with Gasteiger partial charge in [0, 0.05) is 15.8 Å². The monoisotopic (exact) mass is 282 g/mol. The van der Waals surface area contributed by atoms with Crippen molar-refractivity contribution in [3.63, 3.8) is 0 Å². The summed E-state index contributed by atoms with van der Waals surface area (Å²) in [5.41, 5.74) is -1.48. The predicted molar refractivity (Wildman–Crippen MR) is 58.2 cm³/mol. The minimum atomic E-state index is -4.61. The Bertz CT molecular complexity index is 594. The van der Waals surface area contributed by atoms with Crippen LogP contribution >= 0.6 is 11.6 Å². The molecule has 0 radical (unpaired) electrons. The van der Waals surface area contributed by atoms with Crippen LogP contribution in [0.5, 0.6) is 0 Å². The SMILES string of the molecule is CS(=O)(=O)C#Cc1cc(Cl)ccc1C(F)(F)F. The Hall–Kier alpha value is -1.19. The van der Waals surface area contributed by atoms with Gasteiger partial charge in [0.1, 0.15) is 0 Å². The number of hydrogen-bond acceptors (Lipinski definition) is 2. The molecule has 0 aliphatic carbocycles. The molecule has 17 heavy (non-hydrogen) atoms. The summed E-state index contributed by atoms with van der Waals surface area (Å²) < 4.78 is 59.1. The summed E-state index contributed by atoms with van der Waals surface area (Å²) >= 11 is 5.53. The lowest BCUT2D eigenvalue weighted by Crippen LogP contribution is -2.07. The van der Waals surface area contributed by atoms with Gasteiger partial charge in [0.05, 0.1) is 11.8 Å². The molecule has 2 nitrogen and oxygen atoms in total. The highest BCUT2D eigenvalue weighted by atomic mass is 35.5. The summed E-state index contributed by atoms with van der Waals surface area (Å²) in [5.74, 6) is 1.96. The van der Waals surface area contributed by atoms with Gasteiger partial charge in [0.2, 0.25) is 9.84 Å². The summed E-state index contributed by atoms with van der Waals surface area (Å²) in [4.78, 5) is 0. The Balaban J connectivity index is 3.40. The van der Waals surface area contributed by atoms with E-state index in [1.165, 1.54) is 0 Å². The molecule has 1 aromatic carbocycles. The van der Waals surface area contributed by atoms with E-state index in [0.717, 1.165) is 24.5 Å². The molecule has 0 saturated carbocycles. The highest BCUT2D eigenvalue weighted by Crippen LogP contribution is 2.32. The topological polar surface area (TPSA) is 34.1 Å². The van der Waals surface area contributed by atoms with E-state index >= 15 is 0 Å². The molecular weight excluding hydrogens is 277 g/mol. The first-order valence-corrected chi connectivity index (χ1v) is 6.46. The number of benzene rings is 1. The highest BCUT2D eigenvalue weighted by Gasteiger charge is 2.33. The molecule has 92 valence electrons. The number of halogens is 4. The zero-order valence-corrected chi connectivity index (χ0v) is 10.0. The number of sulfone groups is 1. The maximum Gasteiger partial charge on any atom is 0.417 e. The summed E-state index contributed by atoms with van der Waals surface area (Å²) in [7, 11) is -3.67. The van der Waals surface area contributed by atoms with Crippen molar-refractivity contribution < 1.29 is 21.6 Å². The van der Waals surface area contributed by atoms with E-state index in [1.54, 1.807) is 5.25 Å². The van der Waals surface area contributed by atoms with Crippen LogP contribution in [-0.4, -0.2) is 14.7 Å². The van der Waals surface area contributed by atoms with Gasteiger partial charge < -0.3 is 0 Å². The average Bonchev–Trinajstić information content (AvgIpc) is 2.11. The summed E-state index contributed by atoms with van der Waals surface area (Å²) in [6, 6.07) is 2.80. The minimum absolute atomic E-state index is 0.0517. The second-order valence-corrected chi connectivity index (χ2v) is 5.37. The van der Waals surface area contributed by atoms with E-state index in [0.29, 0.717) is 0 Å². The largest absolute Gasteiger partial charge is 0.417 e. The highest BCUT2D eigenvalue weighted by molar-refractivity contribution is 7.95. The fourth-order valence-corrected chi connectivity index (χ4v) is 1.48. The first-order chi connectivity index (χ1) is 7.59. The van der Waals surface area contributed by atoms with Gasteiger partial charge in [-0.15, -0.1) is 0 Å². The fourth-order valence-electron chi connectivity index (χ4n) is 1.01. The van der Waals surface area contributed by atoms with Crippen molar-refractivity contribution in [2.24, 2.45) is 0 Å². The first kappa shape index (κ1) is 13.9. The molecule has 0 unspecified atom stereocenters. The van der Waals surface area contributed by atoms with Crippen LogP contribution in [0.3, 0.4) is 0 Å². The zero-order chi connectivity index (χ0) is 13.3. The number of rotatable bonds is 0. The van der Waals surface area contributed by atoms with Crippen LogP contribution in [0.4, 0.5) is 13.2 Å². The molecule has 0 spiro atoms. The van der Waals surface area contributed by atoms with Crippen LogP contribution in [0.15, 0.2) is 18.2 Å². The van der Waals surface area contributed by atoms with Crippen molar-refractivity contribution in [2.45, 2.75) is 6.18 Å². The van der Waals surface area contributed by atoms with E-state index in [2.05, 4.69) is 0 Å². The molecule has 0 bridgehead atoms. The van der Waals surface area contributed by atoms with Crippen LogP contribution in [-0.2, 0) is 16.0 Å². The third-order valence-corrected chi connectivity index (χ3v) is 2.37. The maximum absolute atomic E-state index is 12.5. The summed E-state index contributed by atoms with van der Waals surface area (Å²) in [5, 5.41) is 1.79. The van der Waals surface area contributed by atoms with E-state index in [-0.39, 0.29) is 5.02 Å². The van der Waals surface area contributed by atoms with E-state index in [4.69, 9.17) is 11.6 Å². The lowest BCUT2D eigenvalue weighted by Gasteiger charge is -2.08. The van der Waals surface area contributed by atoms with E-state index in [1.807, 2.05) is 5.92 Å². The predicted octanol–water partition coefficient (Wildman–Crippen LogP) is 2.71. The normalized spacial score (nSPS) is 11.8. The summed E-state index contributed by atoms with van der Waals surface area (Å²) in [6.45, 7) is 0. The van der Waals surface area contributed by atoms with E-state index < -0.39 is 27.1 Å². The third-order valence-electron chi connectivity index (χ3n) is 1.66. The van der Waals surface area contributed by atoms with Gasteiger partial charge in [-0.1, -0.05) is 11.6 Å². The second-order valence-electron chi connectivity index (χ2n) is 3.19. The van der Waals surface area contributed by atoms with Gasteiger partial charge in [-0.3, -0.25) is 0 Å². The van der Waals surface area contributed by atoms with Crippen molar-refractivity contribution >= 4 is 21.4 Å². The number of hydrogen-bond donors (Lipinski definition) is 0. The Labute approximate surface area is 101 Å². The molecule has 1 rings (SSSR count). The van der Waals surface area contributed by atoms with Crippen LogP contribution in [0.1, 0.15) is 11.1 Å². The molecule has 0 N–H and O–H groups in total. The summed E-state index contributed by atoms with van der Waals surface area (Å²) in [6.07, 6.45) is -3.80. The molecule has 0 aliphatic rings. The molecule has 0 saturated heterocycles. The van der Waals surface area contributed by atoms with Crippen molar-refractivity contribution in [1.29, 1.82) is 0 Å². The molecular formula is C10H6ClF3O2S. The van der Waals surface area contributed by atoms with Crippen molar-refractivity contribution in [2.75, 3.05) is 6.26 Å². The Morgan fingerprint density at radius 1 is 1.29 bits per heavy atom. The van der Waals surface area contributed by atoms with Gasteiger partial charge in [-0.25, -0.2) is 8.42 Å². The molecule has 0 aromatic heterocycles. The van der Waals surface area contributed by atoms with Crippen LogP contribution in [0, 0.1) is 11.2 Å². The fraction of sp³-hybridized carbons (Fsp3) is 0.200. The molecule has 0 heterocycles. The molecule has 0 atom stereocenters. The Kier molecular flexibility index (Phi) is 3.74. The van der Waals surface area contributed by atoms with Gasteiger partial charge in [-0.05, 0) is 24.1 Å². The molecule has 0 aliphatic heterocycles. The van der Waals surface area contributed by atoms with E-state index in [9.17, 15) is 21.6 Å². The molecule has 1 aromatic rings. The Morgan fingerprint density at radius 2 is 1.88 bits per heavy atom. The quantitative estimate of drug-likeness (QED) is 0.686. The van der Waals surface area contributed by atoms with Gasteiger partial charge in [0.25, 0.3) is 0 Å². The molecule has 0 fully saturated rings. The van der Waals surface area contributed by atoms with Gasteiger partial charge in [0.15, 0.2) is 0 Å². The average molecular weight is 283 g/mol. The number of alkyl halides is 3. The lowest BCUT2D eigenvalue weighted by molar-refractivity contribution is -0.137. The zero-order valence-electron chi connectivity index (χ0n) is 8.47. The molecule has 0 amide bonds.